The zero-order chi connectivity index (χ0) is 20.5. The van der Waals surface area contributed by atoms with E-state index in [1.807, 2.05) is 18.2 Å². The van der Waals surface area contributed by atoms with Crippen LogP contribution in [0.3, 0.4) is 0 Å². The first-order valence-electron chi connectivity index (χ1n) is 10.5. The van der Waals surface area contributed by atoms with Gasteiger partial charge in [0.1, 0.15) is 0 Å². The number of hydrogen-bond donors (Lipinski definition) is 1. The predicted octanol–water partition coefficient (Wildman–Crippen LogP) is 5.27. The molecule has 1 unspecified atom stereocenters. The highest BCUT2D eigenvalue weighted by molar-refractivity contribution is 5.83. The minimum Gasteiger partial charge on any atom is -0.481 e. The number of piperidine rings is 1. The number of likely N-dealkylation sites (tertiary alicyclic amines) is 1. The molecule has 1 N–H and O–H groups in total. The number of hydrogen-bond acceptors (Lipinski definition) is 3. The summed E-state index contributed by atoms with van der Waals surface area (Å²) in [6.45, 7) is 1.51. The van der Waals surface area contributed by atoms with Crippen LogP contribution in [0.5, 0.6) is 0 Å². The fourth-order valence-corrected chi connectivity index (χ4v) is 4.59. The molecule has 0 aliphatic carbocycles. The van der Waals surface area contributed by atoms with Gasteiger partial charge in [-0.15, -0.1) is 0 Å². The third-order valence-electron chi connectivity index (χ3n) is 6.23. The van der Waals surface area contributed by atoms with Crippen molar-refractivity contribution in [1.82, 2.24) is 9.88 Å². The van der Waals surface area contributed by atoms with Crippen LogP contribution in [0.25, 0.3) is 21.7 Å². The molecule has 0 radical (unpaired) electrons. The van der Waals surface area contributed by atoms with Crippen LogP contribution in [-0.4, -0.2) is 34.0 Å². The van der Waals surface area contributed by atoms with E-state index in [1.165, 1.54) is 16.3 Å². The fraction of sp³-hybridized carbons (Fsp3) is 0.231. The quantitative estimate of drug-likeness (QED) is 0.510. The Bertz CT molecular complexity index is 1130. The van der Waals surface area contributed by atoms with E-state index in [2.05, 4.69) is 65.6 Å². The minimum absolute atomic E-state index is 0.00829. The molecular formula is C26H24N2O2. The van der Waals surface area contributed by atoms with E-state index in [0.717, 1.165) is 29.7 Å². The number of aromatic nitrogens is 1. The topological polar surface area (TPSA) is 53.4 Å². The van der Waals surface area contributed by atoms with Gasteiger partial charge in [-0.05, 0) is 60.5 Å². The third-order valence-corrected chi connectivity index (χ3v) is 6.23. The maximum Gasteiger partial charge on any atom is 0.306 e. The van der Waals surface area contributed by atoms with Crippen LogP contribution in [-0.2, 0) is 4.79 Å². The smallest absolute Gasteiger partial charge is 0.306 e. The average Bonchev–Trinajstić information content (AvgIpc) is 2.79. The normalized spacial score (nSPS) is 16.7. The van der Waals surface area contributed by atoms with E-state index < -0.39 is 5.97 Å². The number of para-hydroxylation sites is 1. The summed E-state index contributed by atoms with van der Waals surface area (Å²) >= 11 is 0. The number of carbonyl (C=O) groups is 1. The second-order valence-corrected chi connectivity index (χ2v) is 8.09. The van der Waals surface area contributed by atoms with Gasteiger partial charge in [0.25, 0.3) is 0 Å². The summed E-state index contributed by atoms with van der Waals surface area (Å²) in [4.78, 5) is 18.8. The molecule has 5 rings (SSSR count). The maximum absolute atomic E-state index is 11.4. The lowest BCUT2D eigenvalue weighted by Gasteiger charge is -2.36. The number of carboxylic acid groups (broad SMARTS) is 1. The molecule has 4 heteroatoms. The number of aliphatic carboxylic acids is 1. The zero-order valence-electron chi connectivity index (χ0n) is 16.7. The molecule has 1 aromatic heterocycles. The van der Waals surface area contributed by atoms with E-state index in [0.29, 0.717) is 12.8 Å². The summed E-state index contributed by atoms with van der Waals surface area (Å²) in [6, 6.07) is 27.4. The van der Waals surface area contributed by atoms with Gasteiger partial charge in [0.2, 0.25) is 0 Å². The molecule has 1 atom stereocenters. The summed E-state index contributed by atoms with van der Waals surface area (Å²) in [7, 11) is 0. The molecular weight excluding hydrogens is 372 g/mol. The lowest BCUT2D eigenvalue weighted by Crippen LogP contribution is -2.39. The van der Waals surface area contributed by atoms with Crippen LogP contribution in [0.4, 0.5) is 0 Å². The molecule has 4 nitrogen and oxygen atoms in total. The highest BCUT2D eigenvalue weighted by Crippen LogP contribution is 2.34. The number of rotatable bonds is 4. The Morgan fingerprint density at radius 1 is 0.867 bits per heavy atom. The van der Waals surface area contributed by atoms with Crippen molar-refractivity contribution in [2.24, 2.45) is 5.92 Å². The number of nitrogens with zero attached hydrogens (tertiary/aromatic N) is 2. The van der Waals surface area contributed by atoms with Gasteiger partial charge >= 0.3 is 5.97 Å². The number of benzene rings is 3. The Hall–Kier alpha value is -3.24. The average molecular weight is 396 g/mol. The molecule has 0 spiro atoms. The van der Waals surface area contributed by atoms with Crippen molar-refractivity contribution < 1.29 is 9.90 Å². The summed E-state index contributed by atoms with van der Waals surface area (Å²) in [5.41, 5.74) is 3.20. The lowest BCUT2D eigenvalue weighted by atomic mass is 9.92. The Balaban J connectivity index is 1.58. The van der Waals surface area contributed by atoms with Crippen LogP contribution >= 0.6 is 0 Å². The SMILES string of the molecule is O=C(O)C1CCN(C(c2ccc3ccccc3c2)c2ccc3ccccc3n2)CC1. The van der Waals surface area contributed by atoms with Crippen LogP contribution in [0.15, 0.2) is 78.9 Å². The molecule has 4 aromatic rings. The summed E-state index contributed by atoms with van der Waals surface area (Å²) in [5.74, 6) is -0.927. The molecule has 2 heterocycles. The van der Waals surface area contributed by atoms with Gasteiger partial charge in [0.05, 0.1) is 23.2 Å². The molecule has 1 saturated heterocycles. The monoisotopic (exact) mass is 396 g/mol. The van der Waals surface area contributed by atoms with Gasteiger partial charge < -0.3 is 5.11 Å². The van der Waals surface area contributed by atoms with E-state index in [4.69, 9.17) is 4.98 Å². The van der Waals surface area contributed by atoms with Crippen molar-refractivity contribution in [3.05, 3.63) is 90.1 Å². The van der Waals surface area contributed by atoms with E-state index >= 15 is 0 Å². The van der Waals surface area contributed by atoms with Crippen molar-refractivity contribution >= 4 is 27.6 Å². The highest BCUT2D eigenvalue weighted by atomic mass is 16.4. The van der Waals surface area contributed by atoms with Gasteiger partial charge in [-0.3, -0.25) is 14.7 Å². The van der Waals surface area contributed by atoms with E-state index in [9.17, 15) is 9.90 Å². The molecule has 0 saturated carbocycles. The molecule has 1 aliphatic rings. The Kier molecular flexibility index (Phi) is 4.93. The van der Waals surface area contributed by atoms with E-state index in [1.54, 1.807) is 0 Å². The summed E-state index contributed by atoms with van der Waals surface area (Å²) in [5, 5.41) is 13.0. The first-order chi connectivity index (χ1) is 14.7. The second kappa shape index (κ2) is 7.88. The molecule has 0 amide bonds. The molecule has 0 bridgehead atoms. The number of fused-ring (bicyclic) bond motifs is 2. The van der Waals surface area contributed by atoms with Crippen molar-refractivity contribution in [1.29, 1.82) is 0 Å². The fourth-order valence-electron chi connectivity index (χ4n) is 4.59. The van der Waals surface area contributed by atoms with Gasteiger partial charge in [-0.1, -0.05) is 60.7 Å². The lowest BCUT2D eigenvalue weighted by molar-refractivity contribution is -0.143. The number of pyridine rings is 1. The maximum atomic E-state index is 11.4. The minimum atomic E-state index is -0.680. The van der Waals surface area contributed by atoms with Crippen LogP contribution < -0.4 is 0 Å². The van der Waals surface area contributed by atoms with Crippen LogP contribution in [0.1, 0.15) is 30.1 Å². The van der Waals surface area contributed by atoms with E-state index in [-0.39, 0.29) is 12.0 Å². The second-order valence-electron chi connectivity index (χ2n) is 8.09. The van der Waals surface area contributed by atoms with Gasteiger partial charge in [-0.25, -0.2) is 0 Å². The number of carboxylic acids is 1. The van der Waals surface area contributed by atoms with Crippen LogP contribution in [0.2, 0.25) is 0 Å². The molecule has 30 heavy (non-hydrogen) atoms. The summed E-state index contributed by atoms with van der Waals surface area (Å²) in [6.07, 6.45) is 1.35. The van der Waals surface area contributed by atoms with Gasteiger partial charge in [-0.2, -0.15) is 0 Å². The first kappa shape index (κ1) is 18.8. The van der Waals surface area contributed by atoms with Gasteiger partial charge in [0, 0.05) is 5.39 Å². The molecule has 3 aromatic carbocycles. The van der Waals surface area contributed by atoms with Crippen molar-refractivity contribution in [2.45, 2.75) is 18.9 Å². The van der Waals surface area contributed by atoms with Crippen molar-refractivity contribution in [3.8, 4) is 0 Å². The van der Waals surface area contributed by atoms with Crippen molar-refractivity contribution in [3.63, 3.8) is 0 Å². The largest absolute Gasteiger partial charge is 0.481 e. The summed E-state index contributed by atoms with van der Waals surface area (Å²) < 4.78 is 0. The van der Waals surface area contributed by atoms with Crippen LogP contribution in [0, 0.1) is 5.92 Å². The Labute approximate surface area is 175 Å². The zero-order valence-corrected chi connectivity index (χ0v) is 16.7. The Morgan fingerprint density at radius 2 is 1.53 bits per heavy atom. The molecule has 150 valence electrons. The standard InChI is InChI=1S/C26H24N2O2/c29-26(30)20-13-15-28(16-14-20)25(22-10-9-18-5-1-2-7-21(18)17-22)24-12-11-19-6-3-4-8-23(19)27-24/h1-12,17,20,25H,13-16H2,(H,29,30). The third kappa shape index (κ3) is 3.55. The van der Waals surface area contributed by atoms with Crippen molar-refractivity contribution in [2.75, 3.05) is 13.1 Å². The molecule has 1 fully saturated rings. The highest BCUT2D eigenvalue weighted by Gasteiger charge is 2.31. The van der Waals surface area contributed by atoms with Gasteiger partial charge in [0.15, 0.2) is 0 Å². The first-order valence-corrected chi connectivity index (χ1v) is 10.5. The predicted molar refractivity (Wildman–Crippen MR) is 119 cm³/mol. The Morgan fingerprint density at radius 3 is 2.30 bits per heavy atom. The molecule has 1 aliphatic heterocycles.